The number of benzene rings is 1. The van der Waals surface area contributed by atoms with Gasteiger partial charge in [-0.25, -0.2) is 0 Å². The highest BCUT2D eigenvalue weighted by Gasteiger charge is 2.06. The summed E-state index contributed by atoms with van der Waals surface area (Å²) in [6, 6.07) is 5.36. The van der Waals surface area contributed by atoms with Crippen molar-refractivity contribution in [2.24, 2.45) is 0 Å². The molecule has 0 atom stereocenters. The van der Waals surface area contributed by atoms with Gasteiger partial charge in [0.2, 0.25) is 5.91 Å². The number of carbonyl (C=O) groups excluding carboxylic acids is 1. The lowest BCUT2D eigenvalue weighted by Crippen LogP contribution is -2.27. The molecule has 0 unspecified atom stereocenters. The summed E-state index contributed by atoms with van der Waals surface area (Å²) < 4.78 is 0.792. The quantitative estimate of drug-likeness (QED) is 0.814. The summed E-state index contributed by atoms with van der Waals surface area (Å²) in [6.07, 6.45) is 0.672. The molecule has 0 saturated carbocycles. The minimum absolute atomic E-state index is 0.0321. The lowest BCUT2D eigenvalue weighted by molar-refractivity contribution is -0.118. The summed E-state index contributed by atoms with van der Waals surface area (Å²) >= 11 is 14.7. The molecule has 1 aromatic carbocycles. The third kappa shape index (κ3) is 4.94. The molecule has 2 aromatic rings. The monoisotopic (exact) mass is 347 g/mol. The van der Waals surface area contributed by atoms with Gasteiger partial charge < -0.3 is 5.32 Å². The molecule has 1 heterocycles. The van der Waals surface area contributed by atoms with Crippen molar-refractivity contribution in [3.05, 3.63) is 39.3 Å². The molecule has 0 aliphatic rings. The van der Waals surface area contributed by atoms with Crippen molar-refractivity contribution in [2.45, 2.75) is 10.8 Å². The van der Waals surface area contributed by atoms with Gasteiger partial charge in [0.05, 0.1) is 5.75 Å². The van der Waals surface area contributed by atoms with Crippen LogP contribution in [0.5, 0.6) is 0 Å². The Hall–Kier alpha value is -0.820. The van der Waals surface area contributed by atoms with Crippen LogP contribution in [0.15, 0.2) is 28.0 Å². The molecule has 106 valence electrons. The number of hydrogen-bond acceptors (Lipinski definition) is 5. The van der Waals surface area contributed by atoms with Gasteiger partial charge in [-0.2, -0.15) is 0 Å². The molecule has 0 aliphatic heterocycles. The molecule has 0 saturated heterocycles. The summed E-state index contributed by atoms with van der Waals surface area (Å²) in [4.78, 5) is 11.6. The van der Waals surface area contributed by atoms with Crippen LogP contribution in [-0.2, 0) is 11.2 Å². The van der Waals surface area contributed by atoms with E-state index in [2.05, 4.69) is 15.5 Å². The van der Waals surface area contributed by atoms with E-state index in [-0.39, 0.29) is 5.91 Å². The second kappa shape index (κ2) is 7.83. The van der Waals surface area contributed by atoms with Gasteiger partial charge in [0.15, 0.2) is 4.34 Å². The Balaban J connectivity index is 1.71. The van der Waals surface area contributed by atoms with Crippen LogP contribution < -0.4 is 5.32 Å². The largest absolute Gasteiger partial charge is 0.355 e. The molecule has 0 fully saturated rings. The number of nitrogens with zero attached hydrogens (tertiary/aromatic N) is 2. The highest BCUT2D eigenvalue weighted by molar-refractivity contribution is 8.01. The van der Waals surface area contributed by atoms with Crippen molar-refractivity contribution in [3.8, 4) is 0 Å². The molecule has 1 aromatic heterocycles. The van der Waals surface area contributed by atoms with Crippen LogP contribution in [0.2, 0.25) is 10.0 Å². The Labute approximate surface area is 134 Å². The fourth-order valence-electron chi connectivity index (χ4n) is 1.47. The van der Waals surface area contributed by atoms with Crippen molar-refractivity contribution >= 4 is 52.2 Å². The normalized spacial score (nSPS) is 10.5. The smallest absolute Gasteiger partial charge is 0.230 e. The van der Waals surface area contributed by atoms with Crippen LogP contribution in [0.3, 0.4) is 0 Å². The van der Waals surface area contributed by atoms with E-state index in [1.807, 2.05) is 6.07 Å². The molecule has 20 heavy (non-hydrogen) atoms. The summed E-state index contributed by atoms with van der Waals surface area (Å²) in [5, 5.41) is 11.6. The third-order valence-corrected chi connectivity index (χ3v) is 4.85. The highest BCUT2D eigenvalue weighted by Crippen LogP contribution is 2.21. The van der Waals surface area contributed by atoms with E-state index in [9.17, 15) is 4.79 Å². The van der Waals surface area contributed by atoms with E-state index < -0.39 is 0 Å². The maximum Gasteiger partial charge on any atom is 0.230 e. The van der Waals surface area contributed by atoms with Crippen LogP contribution in [0.1, 0.15) is 5.56 Å². The molecule has 2 rings (SSSR count). The Morgan fingerprint density at radius 1 is 1.40 bits per heavy atom. The average Bonchev–Trinajstić information content (AvgIpc) is 2.92. The van der Waals surface area contributed by atoms with E-state index >= 15 is 0 Å². The molecule has 0 bridgehead atoms. The van der Waals surface area contributed by atoms with E-state index in [1.54, 1.807) is 17.6 Å². The van der Waals surface area contributed by atoms with Crippen LogP contribution in [-0.4, -0.2) is 28.4 Å². The fraction of sp³-hybridized carbons (Fsp3) is 0.250. The molecule has 0 aliphatic carbocycles. The van der Waals surface area contributed by atoms with Gasteiger partial charge in [-0.1, -0.05) is 52.4 Å². The first-order valence-electron chi connectivity index (χ1n) is 5.75. The minimum atomic E-state index is -0.0321. The van der Waals surface area contributed by atoms with E-state index in [4.69, 9.17) is 23.2 Å². The van der Waals surface area contributed by atoms with Gasteiger partial charge in [0.1, 0.15) is 5.51 Å². The molecule has 4 nitrogen and oxygen atoms in total. The zero-order chi connectivity index (χ0) is 14.4. The second-order valence-corrected chi connectivity index (χ2v) is 6.73. The van der Waals surface area contributed by atoms with Crippen LogP contribution in [0.4, 0.5) is 0 Å². The van der Waals surface area contributed by atoms with Crippen LogP contribution >= 0.6 is 46.3 Å². The highest BCUT2D eigenvalue weighted by atomic mass is 35.5. The van der Waals surface area contributed by atoms with Crippen molar-refractivity contribution in [1.82, 2.24) is 15.5 Å². The molecule has 0 spiro atoms. The molecule has 1 N–H and O–H groups in total. The number of hydrogen-bond donors (Lipinski definition) is 1. The SMILES string of the molecule is O=C(CSc1nncs1)NCCc1ccc(Cl)cc1Cl. The number of amides is 1. The second-order valence-electron chi connectivity index (χ2n) is 3.83. The number of thioether (sulfide) groups is 1. The van der Waals surface area contributed by atoms with Crippen LogP contribution in [0, 0.1) is 0 Å². The van der Waals surface area contributed by atoms with Gasteiger partial charge in [-0.05, 0) is 24.1 Å². The van der Waals surface area contributed by atoms with Gasteiger partial charge >= 0.3 is 0 Å². The summed E-state index contributed by atoms with van der Waals surface area (Å²) in [7, 11) is 0. The lowest BCUT2D eigenvalue weighted by Gasteiger charge is -2.06. The van der Waals surface area contributed by atoms with Gasteiger partial charge in [-0.15, -0.1) is 10.2 Å². The minimum Gasteiger partial charge on any atom is -0.355 e. The summed E-state index contributed by atoms with van der Waals surface area (Å²) in [6.45, 7) is 0.539. The molecule has 8 heteroatoms. The van der Waals surface area contributed by atoms with Crippen molar-refractivity contribution in [1.29, 1.82) is 0 Å². The molecular formula is C12H11Cl2N3OS2. The predicted molar refractivity (Wildman–Crippen MR) is 83.8 cm³/mol. The first kappa shape index (κ1) is 15.6. The van der Waals surface area contributed by atoms with Crippen LogP contribution in [0.25, 0.3) is 0 Å². The summed E-state index contributed by atoms with van der Waals surface area (Å²) in [5.41, 5.74) is 2.61. The third-order valence-electron chi connectivity index (χ3n) is 2.40. The van der Waals surface area contributed by atoms with E-state index in [0.717, 1.165) is 9.90 Å². The van der Waals surface area contributed by atoms with Gasteiger partial charge in [0, 0.05) is 16.6 Å². The predicted octanol–water partition coefficient (Wildman–Crippen LogP) is 3.30. The van der Waals surface area contributed by atoms with Crippen molar-refractivity contribution in [3.63, 3.8) is 0 Å². The van der Waals surface area contributed by atoms with Crippen molar-refractivity contribution in [2.75, 3.05) is 12.3 Å². The zero-order valence-corrected chi connectivity index (χ0v) is 13.5. The summed E-state index contributed by atoms with van der Waals surface area (Å²) in [5.74, 6) is 0.305. The van der Waals surface area contributed by atoms with Gasteiger partial charge in [0.25, 0.3) is 0 Å². The topological polar surface area (TPSA) is 54.9 Å². The zero-order valence-electron chi connectivity index (χ0n) is 10.3. The maximum atomic E-state index is 11.6. The first-order valence-corrected chi connectivity index (χ1v) is 8.37. The average molecular weight is 348 g/mol. The molecule has 1 amide bonds. The number of halogens is 2. The number of rotatable bonds is 6. The Bertz CT molecular complexity index is 578. The molecule has 0 radical (unpaired) electrons. The maximum absolute atomic E-state index is 11.6. The first-order chi connectivity index (χ1) is 9.65. The Kier molecular flexibility index (Phi) is 6.09. The molecular weight excluding hydrogens is 337 g/mol. The fourth-order valence-corrected chi connectivity index (χ4v) is 3.29. The standard InChI is InChI=1S/C12H11Cl2N3OS2/c13-9-2-1-8(10(14)5-9)3-4-15-11(18)6-19-12-17-16-7-20-12/h1-2,5,7H,3-4,6H2,(H,15,18). The number of carbonyl (C=O) groups is 1. The lowest BCUT2D eigenvalue weighted by atomic mass is 10.1. The number of aromatic nitrogens is 2. The van der Waals surface area contributed by atoms with E-state index in [1.165, 1.54) is 23.1 Å². The Morgan fingerprint density at radius 2 is 2.25 bits per heavy atom. The number of nitrogens with one attached hydrogen (secondary N) is 1. The van der Waals surface area contributed by atoms with Gasteiger partial charge in [-0.3, -0.25) is 4.79 Å². The van der Waals surface area contributed by atoms with E-state index in [0.29, 0.717) is 28.8 Å². The Morgan fingerprint density at radius 3 is 2.95 bits per heavy atom. The van der Waals surface area contributed by atoms with Crippen molar-refractivity contribution < 1.29 is 4.79 Å².